The highest BCUT2D eigenvalue weighted by Crippen LogP contribution is 2.14. The highest BCUT2D eigenvalue weighted by Gasteiger charge is 2.17. The van der Waals surface area contributed by atoms with Gasteiger partial charge < -0.3 is 15.2 Å². The number of amides is 2. The summed E-state index contributed by atoms with van der Waals surface area (Å²) in [6.45, 7) is 1.21. The molecule has 0 spiro atoms. The van der Waals surface area contributed by atoms with E-state index in [0.29, 0.717) is 17.8 Å². The van der Waals surface area contributed by atoms with Crippen LogP contribution in [0.2, 0.25) is 0 Å². The minimum absolute atomic E-state index is 0.313. The Balaban J connectivity index is 1.61. The number of hydrogen-bond donors (Lipinski definition) is 2. The fraction of sp³-hybridized carbons (Fsp3) is 0.286. The Bertz CT molecular complexity index is 714. The molecule has 1 aliphatic heterocycles. The van der Waals surface area contributed by atoms with E-state index >= 15 is 0 Å². The fourth-order valence-electron chi connectivity index (χ4n) is 2.36. The Morgan fingerprint density at radius 2 is 2.24 bits per heavy atom. The Hall–Kier alpha value is -2.88. The molecule has 0 saturated heterocycles. The smallest absolute Gasteiger partial charge is 0.319 e. The highest BCUT2D eigenvalue weighted by molar-refractivity contribution is 5.90. The zero-order chi connectivity index (χ0) is 14.7. The summed E-state index contributed by atoms with van der Waals surface area (Å²) >= 11 is 0. The molecular formula is C14H14N6O. The molecule has 21 heavy (non-hydrogen) atoms. The molecule has 0 radical (unpaired) electrons. The molecule has 1 aromatic carbocycles. The van der Waals surface area contributed by atoms with Crippen LogP contribution >= 0.6 is 0 Å². The molecule has 0 saturated carbocycles. The summed E-state index contributed by atoms with van der Waals surface area (Å²) in [5.74, 6) is 1.73. The molecule has 0 unspecified atom stereocenters. The van der Waals surface area contributed by atoms with Gasteiger partial charge in [0.05, 0.1) is 17.8 Å². The van der Waals surface area contributed by atoms with E-state index in [-0.39, 0.29) is 6.03 Å². The summed E-state index contributed by atoms with van der Waals surface area (Å²) < 4.78 is 2.03. The number of anilines is 1. The van der Waals surface area contributed by atoms with E-state index in [1.54, 1.807) is 24.3 Å². The van der Waals surface area contributed by atoms with Gasteiger partial charge in [0.1, 0.15) is 11.9 Å². The number of aromatic nitrogens is 3. The van der Waals surface area contributed by atoms with Gasteiger partial charge in [-0.3, -0.25) is 0 Å². The monoisotopic (exact) mass is 282 g/mol. The summed E-state index contributed by atoms with van der Waals surface area (Å²) in [6, 6.07) is 8.53. The predicted molar refractivity (Wildman–Crippen MR) is 75.4 cm³/mol. The second-order valence-electron chi connectivity index (χ2n) is 4.75. The number of rotatable bonds is 3. The lowest BCUT2D eigenvalue weighted by Crippen LogP contribution is -2.29. The van der Waals surface area contributed by atoms with Gasteiger partial charge in [-0.05, 0) is 18.6 Å². The maximum atomic E-state index is 11.9. The first-order chi connectivity index (χ1) is 10.3. The number of para-hydroxylation sites is 1. The van der Waals surface area contributed by atoms with Crippen LogP contribution in [0.1, 0.15) is 23.6 Å². The number of nitrogens with one attached hydrogen (secondary N) is 2. The summed E-state index contributed by atoms with van der Waals surface area (Å²) in [5, 5.41) is 22.5. The minimum atomic E-state index is -0.368. The first-order valence-electron chi connectivity index (χ1n) is 6.73. The van der Waals surface area contributed by atoms with Crippen molar-refractivity contribution in [2.45, 2.75) is 25.9 Å². The van der Waals surface area contributed by atoms with Crippen molar-refractivity contribution in [1.29, 1.82) is 5.26 Å². The van der Waals surface area contributed by atoms with Crippen molar-refractivity contribution in [3.05, 3.63) is 41.5 Å². The molecule has 1 aliphatic rings. The van der Waals surface area contributed by atoms with E-state index in [4.69, 9.17) is 5.26 Å². The number of carbonyl (C=O) groups is 1. The van der Waals surface area contributed by atoms with Crippen molar-refractivity contribution in [2.24, 2.45) is 0 Å². The van der Waals surface area contributed by atoms with Crippen LogP contribution in [0.15, 0.2) is 24.3 Å². The van der Waals surface area contributed by atoms with E-state index in [0.717, 1.165) is 31.0 Å². The maximum Gasteiger partial charge on any atom is 0.319 e. The van der Waals surface area contributed by atoms with Crippen LogP contribution in [0.25, 0.3) is 0 Å². The van der Waals surface area contributed by atoms with E-state index < -0.39 is 0 Å². The number of hydrogen-bond acceptors (Lipinski definition) is 4. The average molecular weight is 282 g/mol. The summed E-state index contributed by atoms with van der Waals surface area (Å²) in [6.07, 6.45) is 2.01. The van der Waals surface area contributed by atoms with Gasteiger partial charge in [-0.25, -0.2) is 4.79 Å². The third kappa shape index (κ3) is 2.69. The molecular weight excluding hydrogens is 268 g/mol. The minimum Gasteiger partial charge on any atom is -0.331 e. The Kier molecular flexibility index (Phi) is 3.51. The van der Waals surface area contributed by atoms with Crippen molar-refractivity contribution in [3.63, 3.8) is 0 Å². The van der Waals surface area contributed by atoms with Crippen LogP contribution in [-0.2, 0) is 19.5 Å². The Labute approximate surface area is 121 Å². The number of benzene rings is 1. The predicted octanol–water partition coefficient (Wildman–Crippen LogP) is 1.42. The van der Waals surface area contributed by atoms with Gasteiger partial charge >= 0.3 is 6.03 Å². The van der Waals surface area contributed by atoms with E-state index in [2.05, 4.69) is 20.8 Å². The first-order valence-corrected chi connectivity index (χ1v) is 6.73. The molecule has 2 heterocycles. The molecule has 2 aromatic rings. The van der Waals surface area contributed by atoms with Gasteiger partial charge in [0.25, 0.3) is 0 Å². The first kappa shape index (κ1) is 13.1. The molecule has 106 valence electrons. The maximum absolute atomic E-state index is 11.9. The molecule has 0 fully saturated rings. The Morgan fingerprint density at radius 1 is 1.38 bits per heavy atom. The molecule has 0 atom stereocenters. The lowest BCUT2D eigenvalue weighted by Gasteiger charge is -2.08. The molecule has 2 N–H and O–H groups in total. The third-order valence-corrected chi connectivity index (χ3v) is 3.39. The van der Waals surface area contributed by atoms with Crippen LogP contribution in [0, 0.1) is 11.3 Å². The van der Waals surface area contributed by atoms with Gasteiger partial charge in [0, 0.05) is 13.0 Å². The van der Waals surface area contributed by atoms with Gasteiger partial charge in [-0.2, -0.15) is 5.26 Å². The zero-order valence-corrected chi connectivity index (χ0v) is 11.3. The number of carbonyl (C=O) groups excluding carboxylic acids is 1. The van der Waals surface area contributed by atoms with Crippen molar-refractivity contribution in [3.8, 4) is 6.07 Å². The quantitative estimate of drug-likeness (QED) is 0.889. The van der Waals surface area contributed by atoms with Gasteiger partial charge in [0.2, 0.25) is 0 Å². The summed E-state index contributed by atoms with van der Waals surface area (Å²) in [4.78, 5) is 11.9. The van der Waals surface area contributed by atoms with Gasteiger partial charge in [0.15, 0.2) is 5.82 Å². The van der Waals surface area contributed by atoms with Gasteiger partial charge in [-0.15, -0.1) is 10.2 Å². The lowest BCUT2D eigenvalue weighted by molar-refractivity contribution is 0.251. The highest BCUT2D eigenvalue weighted by atomic mass is 16.2. The second-order valence-corrected chi connectivity index (χ2v) is 4.75. The standard InChI is InChI=1S/C14H14N6O/c15-8-10-4-1-2-5-11(10)17-14(21)16-9-13-19-18-12-6-3-7-20(12)13/h1-2,4-5H,3,6-7,9H2,(H2,16,17,21). The average Bonchev–Trinajstić information content (AvgIpc) is 3.09. The molecule has 0 bridgehead atoms. The molecule has 3 rings (SSSR count). The number of fused-ring (bicyclic) bond motifs is 1. The van der Waals surface area contributed by atoms with E-state index in [1.807, 2.05) is 10.6 Å². The largest absolute Gasteiger partial charge is 0.331 e. The van der Waals surface area contributed by atoms with Crippen molar-refractivity contribution < 1.29 is 4.79 Å². The summed E-state index contributed by atoms with van der Waals surface area (Å²) in [7, 11) is 0. The van der Waals surface area contributed by atoms with Crippen LogP contribution in [0.3, 0.4) is 0 Å². The molecule has 0 aliphatic carbocycles. The second kappa shape index (κ2) is 5.63. The number of urea groups is 1. The zero-order valence-electron chi connectivity index (χ0n) is 11.3. The van der Waals surface area contributed by atoms with E-state index in [1.165, 1.54) is 0 Å². The molecule has 2 amide bonds. The number of nitriles is 1. The number of aryl methyl sites for hydroxylation is 1. The Morgan fingerprint density at radius 3 is 3.10 bits per heavy atom. The van der Waals surface area contributed by atoms with Gasteiger partial charge in [-0.1, -0.05) is 12.1 Å². The van der Waals surface area contributed by atoms with Crippen LogP contribution < -0.4 is 10.6 Å². The fourth-order valence-corrected chi connectivity index (χ4v) is 2.36. The molecule has 1 aromatic heterocycles. The lowest BCUT2D eigenvalue weighted by atomic mass is 10.2. The van der Waals surface area contributed by atoms with Crippen LogP contribution in [0.5, 0.6) is 0 Å². The van der Waals surface area contributed by atoms with Crippen molar-refractivity contribution >= 4 is 11.7 Å². The van der Waals surface area contributed by atoms with Crippen molar-refractivity contribution in [1.82, 2.24) is 20.1 Å². The van der Waals surface area contributed by atoms with Crippen molar-refractivity contribution in [2.75, 3.05) is 5.32 Å². The topological polar surface area (TPSA) is 95.6 Å². The van der Waals surface area contributed by atoms with E-state index in [9.17, 15) is 4.79 Å². The molecule has 7 heteroatoms. The van der Waals surface area contributed by atoms with Crippen LogP contribution in [0.4, 0.5) is 10.5 Å². The SMILES string of the molecule is N#Cc1ccccc1NC(=O)NCc1nnc2n1CCC2. The normalized spacial score (nSPS) is 12.5. The number of nitrogens with zero attached hydrogens (tertiary/aromatic N) is 4. The third-order valence-electron chi connectivity index (χ3n) is 3.39. The van der Waals surface area contributed by atoms with Crippen LogP contribution in [-0.4, -0.2) is 20.8 Å². The summed E-state index contributed by atoms with van der Waals surface area (Å²) in [5.41, 5.74) is 0.917. The molecule has 7 nitrogen and oxygen atoms in total.